The number of anilines is 1. The largest absolute Gasteiger partial charge is 0.424 e. The van der Waals surface area contributed by atoms with E-state index in [1.165, 1.54) is 0 Å². The molecule has 0 atom stereocenters. The van der Waals surface area contributed by atoms with Gasteiger partial charge in [0, 0.05) is 25.1 Å². The number of rotatable bonds is 3. The van der Waals surface area contributed by atoms with Crippen molar-refractivity contribution in [1.29, 1.82) is 0 Å². The number of nitrogens with zero attached hydrogens (tertiary/aromatic N) is 2. The van der Waals surface area contributed by atoms with Crippen molar-refractivity contribution in [1.82, 2.24) is 9.97 Å². The quantitative estimate of drug-likeness (QED) is 0.938. The number of hydrogen-bond acceptors (Lipinski definition) is 4. The van der Waals surface area contributed by atoms with Crippen LogP contribution in [0.25, 0.3) is 0 Å². The molecule has 16 heavy (non-hydrogen) atoms. The molecule has 1 N–H and O–H groups in total. The van der Waals surface area contributed by atoms with Crippen LogP contribution in [0.4, 0.5) is 5.69 Å². The molecule has 0 amide bonds. The number of nitrogens with one attached hydrogen (secondary N) is 1. The first-order valence-corrected chi connectivity index (χ1v) is 5.50. The maximum atomic E-state index is 5.46. The summed E-state index contributed by atoms with van der Waals surface area (Å²) in [6.07, 6.45) is 3.29. The zero-order chi connectivity index (χ0) is 11.4. The van der Waals surface area contributed by atoms with Gasteiger partial charge in [0.1, 0.15) is 5.75 Å². The molecule has 0 unspecified atom stereocenters. The average Bonchev–Trinajstić information content (AvgIpc) is 2.33. The van der Waals surface area contributed by atoms with Crippen molar-refractivity contribution in [2.75, 3.05) is 12.4 Å². The van der Waals surface area contributed by atoms with Crippen LogP contribution in [0, 0.1) is 0 Å². The highest BCUT2D eigenvalue weighted by atomic mass is 79.9. The van der Waals surface area contributed by atoms with Crippen molar-refractivity contribution in [3.05, 3.63) is 41.1 Å². The summed E-state index contributed by atoms with van der Waals surface area (Å²) in [5.41, 5.74) is 1.03. The molecule has 2 aromatic rings. The molecule has 1 aromatic carbocycles. The maximum absolute atomic E-state index is 5.46. The molecular weight excluding hydrogens is 270 g/mol. The monoisotopic (exact) mass is 279 g/mol. The highest BCUT2D eigenvalue weighted by molar-refractivity contribution is 9.10. The Morgan fingerprint density at radius 3 is 2.31 bits per heavy atom. The summed E-state index contributed by atoms with van der Waals surface area (Å²) in [7, 11) is 1.87. The molecule has 5 heteroatoms. The first-order chi connectivity index (χ1) is 7.78. The second-order valence-corrected chi connectivity index (χ2v) is 3.98. The summed E-state index contributed by atoms with van der Waals surface area (Å²) >= 11 is 3.26. The van der Waals surface area contributed by atoms with Crippen LogP contribution in [0.1, 0.15) is 0 Å². The predicted octanol–water partition coefficient (Wildman–Crippen LogP) is 3.07. The second-order valence-electron chi connectivity index (χ2n) is 3.06. The van der Waals surface area contributed by atoms with Crippen molar-refractivity contribution >= 4 is 21.6 Å². The molecule has 0 radical (unpaired) electrons. The Balaban J connectivity index is 2.11. The Kier molecular flexibility index (Phi) is 3.36. The molecule has 0 saturated carbocycles. The highest BCUT2D eigenvalue weighted by Crippen LogP contribution is 2.20. The van der Waals surface area contributed by atoms with E-state index in [-0.39, 0.29) is 0 Å². The van der Waals surface area contributed by atoms with E-state index < -0.39 is 0 Å². The molecule has 2 rings (SSSR count). The van der Waals surface area contributed by atoms with Crippen LogP contribution >= 0.6 is 15.9 Å². The van der Waals surface area contributed by atoms with Gasteiger partial charge in [-0.1, -0.05) is 0 Å². The lowest BCUT2D eigenvalue weighted by atomic mass is 10.3. The Hall–Kier alpha value is -1.62. The summed E-state index contributed by atoms with van der Waals surface area (Å²) in [5.74, 6) is 0.710. The molecule has 0 aliphatic heterocycles. The van der Waals surface area contributed by atoms with Crippen LogP contribution < -0.4 is 10.1 Å². The molecular formula is C11H10BrN3O. The minimum absolute atomic E-state index is 0.334. The van der Waals surface area contributed by atoms with Crippen LogP contribution in [0.5, 0.6) is 11.8 Å². The molecule has 82 valence electrons. The van der Waals surface area contributed by atoms with E-state index in [4.69, 9.17) is 4.74 Å². The summed E-state index contributed by atoms with van der Waals surface area (Å²) in [4.78, 5) is 8.04. The summed E-state index contributed by atoms with van der Waals surface area (Å²) < 4.78 is 6.29. The Bertz CT molecular complexity index is 456. The van der Waals surface area contributed by atoms with Gasteiger partial charge in [-0.2, -0.15) is 0 Å². The van der Waals surface area contributed by atoms with Gasteiger partial charge in [0.15, 0.2) is 0 Å². The Morgan fingerprint density at radius 2 is 1.75 bits per heavy atom. The van der Waals surface area contributed by atoms with E-state index >= 15 is 0 Å². The van der Waals surface area contributed by atoms with Gasteiger partial charge in [0.2, 0.25) is 0 Å². The van der Waals surface area contributed by atoms with Crippen LogP contribution in [-0.2, 0) is 0 Å². The lowest BCUT2D eigenvalue weighted by Crippen LogP contribution is -1.91. The van der Waals surface area contributed by atoms with Crippen molar-refractivity contribution in [3.63, 3.8) is 0 Å². The van der Waals surface area contributed by atoms with Gasteiger partial charge < -0.3 is 10.1 Å². The van der Waals surface area contributed by atoms with Gasteiger partial charge in [-0.05, 0) is 40.2 Å². The van der Waals surface area contributed by atoms with E-state index in [9.17, 15) is 0 Å². The normalized spacial score (nSPS) is 9.88. The number of benzene rings is 1. The van der Waals surface area contributed by atoms with Crippen LogP contribution in [0.3, 0.4) is 0 Å². The molecule has 4 nitrogen and oxygen atoms in total. The van der Waals surface area contributed by atoms with Gasteiger partial charge in [-0.3, -0.25) is 0 Å². The summed E-state index contributed by atoms with van der Waals surface area (Å²) in [6.45, 7) is 0. The van der Waals surface area contributed by atoms with Crippen molar-refractivity contribution in [2.45, 2.75) is 0 Å². The highest BCUT2D eigenvalue weighted by Gasteiger charge is 1.99. The van der Waals surface area contributed by atoms with Crippen LogP contribution in [-0.4, -0.2) is 17.0 Å². The van der Waals surface area contributed by atoms with Crippen LogP contribution in [0.2, 0.25) is 0 Å². The number of hydrogen-bond donors (Lipinski definition) is 1. The van der Waals surface area contributed by atoms with Crippen molar-refractivity contribution in [2.24, 2.45) is 0 Å². The summed E-state index contributed by atoms with van der Waals surface area (Å²) in [6, 6.07) is 7.90. The van der Waals surface area contributed by atoms with Crippen molar-refractivity contribution < 1.29 is 4.74 Å². The Labute approximate surface area is 102 Å². The van der Waals surface area contributed by atoms with Gasteiger partial charge in [-0.15, -0.1) is 0 Å². The van der Waals surface area contributed by atoms with E-state index in [1.807, 2.05) is 31.3 Å². The third-order valence-corrected chi connectivity index (χ3v) is 2.36. The van der Waals surface area contributed by atoms with Crippen LogP contribution in [0.15, 0.2) is 41.1 Å². The number of halogens is 1. The molecule has 1 heterocycles. The Morgan fingerprint density at radius 1 is 1.12 bits per heavy atom. The first-order valence-electron chi connectivity index (χ1n) is 4.71. The standard InChI is InChI=1S/C11H10BrN3O/c1-13-9-2-4-10(5-3-9)16-11-14-6-8(12)7-15-11/h2-7,13H,1H3. The second kappa shape index (κ2) is 4.94. The fourth-order valence-electron chi connectivity index (χ4n) is 1.15. The molecule has 0 fully saturated rings. The lowest BCUT2D eigenvalue weighted by molar-refractivity contribution is 0.441. The molecule has 0 saturated heterocycles. The average molecular weight is 280 g/mol. The molecule has 0 aliphatic rings. The lowest BCUT2D eigenvalue weighted by Gasteiger charge is -2.04. The molecule has 1 aromatic heterocycles. The zero-order valence-electron chi connectivity index (χ0n) is 8.64. The third kappa shape index (κ3) is 2.70. The van der Waals surface area contributed by atoms with E-state index in [2.05, 4.69) is 31.2 Å². The van der Waals surface area contributed by atoms with E-state index in [1.54, 1.807) is 12.4 Å². The fraction of sp³-hybridized carbons (Fsp3) is 0.0909. The van der Waals surface area contributed by atoms with E-state index in [0.29, 0.717) is 11.8 Å². The minimum Gasteiger partial charge on any atom is -0.424 e. The minimum atomic E-state index is 0.334. The SMILES string of the molecule is CNc1ccc(Oc2ncc(Br)cn2)cc1. The van der Waals surface area contributed by atoms with Gasteiger partial charge in [0.25, 0.3) is 0 Å². The van der Waals surface area contributed by atoms with Crippen molar-refractivity contribution in [3.8, 4) is 11.8 Å². The van der Waals surface area contributed by atoms with Gasteiger partial charge in [-0.25, -0.2) is 9.97 Å². The smallest absolute Gasteiger partial charge is 0.321 e. The number of ether oxygens (including phenoxy) is 1. The molecule has 0 bridgehead atoms. The van der Waals surface area contributed by atoms with Gasteiger partial charge in [0.05, 0.1) is 4.47 Å². The topological polar surface area (TPSA) is 47.0 Å². The summed E-state index contributed by atoms with van der Waals surface area (Å²) in [5, 5.41) is 3.03. The molecule has 0 aliphatic carbocycles. The predicted molar refractivity (Wildman–Crippen MR) is 65.8 cm³/mol. The third-order valence-electron chi connectivity index (χ3n) is 1.95. The maximum Gasteiger partial charge on any atom is 0.321 e. The zero-order valence-corrected chi connectivity index (χ0v) is 10.2. The molecule has 0 spiro atoms. The number of aromatic nitrogens is 2. The fourth-order valence-corrected chi connectivity index (χ4v) is 1.35. The first kappa shape index (κ1) is 10.9. The van der Waals surface area contributed by atoms with Gasteiger partial charge >= 0.3 is 6.01 Å². The van der Waals surface area contributed by atoms with E-state index in [0.717, 1.165) is 10.2 Å².